The van der Waals surface area contributed by atoms with E-state index >= 15 is 0 Å². The highest BCUT2D eigenvalue weighted by Gasteiger charge is 2.25. The van der Waals surface area contributed by atoms with E-state index in [1.54, 1.807) is 0 Å². The van der Waals surface area contributed by atoms with E-state index in [-0.39, 0.29) is 11.8 Å². The summed E-state index contributed by atoms with van der Waals surface area (Å²) in [5.41, 5.74) is -0.285. The van der Waals surface area contributed by atoms with Crippen molar-refractivity contribution in [3.63, 3.8) is 0 Å². The smallest absolute Gasteiger partial charge is 0.407 e. The number of non-ortho nitro benzene ring substituents is 1. The highest BCUT2D eigenvalue weighted by Crippen LogP contribution is 2.26. The van der Waals surface area contributed by atoms with Crippen molar-refractivity contribution in [2.75, 3.05) is 6.54 Å². The fourth-order valence-electron chi connectivity index (χ4n) is 2.93. The highest BCUT2D eigenvalue weighted by atomic mass is 16.6. The Labute approximate surface area is 158 Å². The van der Waals surface area contributed by atoms with E-state index in [1.807, 2.05) is 20.8 Å². The lowest BCUT2D eigenvalue weighted by Crippen LogP contribution is -2.36. The van der Waals surface area contributed by atoms with Crippen LogP contribution in [0.2, 0.25) is 0 Å². The van der Waals surface area contributed by atoms with Gasteiger partial charge < -0.3 is 14.8 Å². The summed E-state index contributed by atoms with van der Waals surface area (Å²) in [6.45, 7) is 5.99. The van der Waals surface area contributed by atoms with E-state index in [9.17, 15) is 19.7 Å². The number of hydrogen-bond acceptors (Lipinski definition) is 6. The average Bonchev–Trinajstić information content (AvgIpc) is 2.59. The van der Waals surface area contributed by atoms with E-state index in [1.165, 1.54) is 24.3 Å². The molecular formula is C19H26N2O6. The first-order valence-corrected chi connectivity index (χ1v) is 9.06. The van der Waals surface area contributed by atoms with Gasteiger partial charge in [0.05, 0.1) is 10.5 Å². The van der Waals surface area contributed by atoms with Gasteiger partial charge in [0.25, 0.3) is 5.69 Å². The van der Waals surface area contributed by atoms with E-state index in [0.29, 0.717) is 18.0 Å². The third-order valence-electron chi connectivity index (χ3n) is 4.32. The molecule has 0 atom stereocenters. The molecule has 1 amide bonds. The second kappa shape index (κ2) is 8.83. The second-order valence-corrected chi connectivity index (χ2v) is 7.73. The quantitative estimate of drug-likeness (QED) is 0.474. The van der Waals surface area contributed by atoms with Crippen LogP contribution < -0.4 is 5.32 Å². The van der Waals surface area contributed by atoms with Crippen molar-refractivity contribution in [1.29, 1.82) is 0 Å². The van der Waals surface area contributed by atoms with Gasteiger partial charge in [0.15, 0.2) is 0 Å². The lowest BCUT2D eigenvalue weighted by atomic mass is 9.87. The summed E-state index contributed by atoms with van der Waals surface area (Å²) < 4.78 is 10.7. The van der Waals surface area contributed by atoms with Gasteiger partial charge in [0, 0.05) is 18.7 Å². The topological polar surface area (TPSA) is 108 Å². The first-order chi connectivity index (χ1) is 12.6. The highest BCUT2D eigenvalue weighted by molar-refractivity contribution is 5.89. The van der Waals surface area contributed by atoms with Crippen molar-refractivity contribution < 1.29 is 24.0 Å². The van der Waals surface area contributed by atoms with Gasteiger partial charge >= 0.3 is 12.1 Å². The van der Waals surface area contributed by atoms with E-state index in [4.69, 9.17) is 9.47 Å². The number of nitrogens with zero attached hydrogens (tertiary/aromatic N) is 1. The molecule has 0 aromatic heterocycles. The minimum atomic E-state index is -0.520. The predicted octanol–water partition coefficient (Wildman–Crippen LogP) is 3.84. The molecule has 8 heteroatoms. The van der Waals surface area contributed by atoms with Crippen LogP contribution in [0.3, 0.4) is 0 Å². The normalized spacial score (nSPS) is 19.8. The van der Waals surface area contributed by atoms with Crippen molar-refractivity contribution in [3.8, 4) is 0 Å². The molecule has 1 aromatic carbocycles. The molecule has 1 N–H and O–H groups in total. The van der Waals surface area contributed by atoms with Crippen molar-refractivity contribution in [2.24, 2.45) is 5.92 Å². The Morgan fingerprint density at radius 2 is 1.74 bits per heavy atom. The van der Waals surface area contributed by atoms with E-state index < -0.39 is 22.6 Å². The first kappa shape index (κ1) is 20.7. The number of ether oxygens (including phenoxy) is 2. The summed E-state index contributed by atoms with van der Waals surface area (Å²) in [5, 5.41) is 13.4. The van der Waals surface area contributed by atoms with Crippen LogP contribution in [-0.4, -0.2) is 35.2 Å². The number of hydrogen-bond donors (Lipinski definition) is 1. The van der Waals surface area contributed by atoms with Crippen molar-refractivity contribution in [2.45, 2.75) is 58.2 Å². The molecule has 8 nitrogen and oxygen atoms in total. The molecule has 148 valence electrons. The number of nitro groups is 1. The van der Waals surface area contributed by atoms with Crippen LogP contribution in [0.1, 0.15) is 56.8 Å². The second-order valence-electron chi connectivity index (χ2n) is 7.73. The fraction of sp³-hybridized carbons (Fsp3) is 0.579. The molecule has 0 spiro atoms. The third kappa shape index (κ3) is 6.88. The Morgan fingerprint density at radius 1 is 1.15 bits per heavy atom. The fourth-order valence-corrected chi connectivity index (χ4v) is 2.93. The molecule has 1 aliphatic rings. The maximum Gasteiger partial charge on any atom is 0.407 e. The first-order valence-electron chi connectivity index (χ1n) is 9.06. The molecular weight excluding hydrogens is 352 g/mol. The van der Waals surface area contributed by atoms with Gasteiger partial charge in [-0.2, -0.15) is 0 Å². The number of amides is 1. The summed E-state index contributed by atoms with van der Waals surface area (Å²) in [4.78, 5) is 34.0. The Morgan fingerprint density at radius 3 is 2.26 bits per heavy atom. The van der Waals surface area contributed by atoms with E-state index in [2.05, 4.69) is 5.32 Å². The standard InChI is InChI=1S/C19H26N2O6/c1-19(2,3)27-18(23)20-12-13-4-10-16(11-5-13)26-17(22)14-6-8-15(9-7-14)21(24)25/h6-9,13,16H,4-5,10-12H2,1-3H3,(H,20,23). The van der Waals surface area contributed by atoms with Gasteiger partial charge in [-0.05, 0) is 64.5 Å². The number of alkyl carbamates (subject to hydrolysis) is 1. The number of rotatable bonds is 5. The maximum atomic E-state index is 12.2. The molecule has 0 unspecified atom stereocenters. The maximum absolute atomic E-state index is 12.2. The Kier molecular flexibility index (Phi) is 6.76. The van der Waals surface area contributed by atoms with Gasteiger partial charge in [-0.1, -0.05) is 0 Å². The van der Waals surface area contributed by atoms with Gasteiger partial charge in [-0.3, -0.25) is 10.1 Å². The number of nitro benzene ring substituents is 1. The largest absolute Gasteiger partial charge is 0.459 e. The van der Waals surface area contributed by atoms with Crippen LogP contribution in [0.25, 0.3) is 0 Å². The van der Waals surface area contributed by atoms with Crippen LogP contribution in [0, 0.1) is 16.0 Å². The predicted molar refractivity (Wildman–Crippen MR) is 98.5 cm³/mol. The number of carbonyl (C=O) groups excluding carboxylic acids is 2. The summed E-state index contributed by atoms with van der Waals surface area (Å²) in [5.74, 6) is -0.146. The number of nitrogens with one attached hydrogen (secondary N) is 1. The average molecular weight is 378 g/mol. The number of benzene rings is 1. The van der Waals surface area contributed by atoms with Crippen molar-refractivity contribution in [3.05, 3.63) is 39.9 Å². The zero-order valence-corrected chi connectivity index (χ0v) is 15.9. The van der Waals surface area contributed by atoms with Gasteiger partial charge in [-0.25, -0.2) is 9.59 Å². The molecule has 0 radical (unpaired) electrons. The van der Waals surface area contributed by atoms with Crippen molar-refractivity contribution in [1.82, 2.24) is 5.32 Å². The van der Waals surface area contributed by atoms with Crippen LogP contribution in [0.5, 0.6) is 0 Å². The van der Waals surface area contributed by atoms with Gasteiger partial charge in [-0.15, -0.1) is 0 Å². The van der Waals surface area contributed by atoms with Crippen LogP contribution >= 0.6 is 0 Å². The molecule has 2 rings (SSSR count). The Bertz CT molecular complexity index is 672. The lowest BCUT2D eigenvalue weighted by molar-refractivity contribution is -0.384. The zero-order valence-electron chi connectivity index (χ0n) is 15.9. The number of esters is 1. The van der Waals surface area contributed by atoms with Crippen molar-refractivity contribution >= 4 is 17.7 Å². The van der Waals surface area contributed by atoms with Crippen LogP contribution in [0.15, 0.2) is 24.3 Å². The molecule has 0 saturated heterocycles. The number of carbonyl (C=O) groups is 2. The van der Waals surface area contributed by atoms with Crippen LogP contribution in [-0.2, 0) is 9.47 Å². The molecule has 1 fully saturated rings. The monoisotopic (exact) mass is 378 g/mol. The molecule has 1 aliphatic carbocycles. The molecule has 0 heterocycles. The SMILES string of the molecule is CC(C)(C)OC(=O)NCC1CCC(OC(=O)c2ccc([N+](=O)[O-])cc2)CC1. The Balaban J connectivity index is 1.73. The third-order valence-corrected chi connectivity index (χ3v) is 4.32. The molecule has 0 bridgehead atoms. The van der Waals surface area contributed by atoms with Crippen LogP contribution in [0.4, 0.5) is 10.5 Å². The van der Waals surface area contributed by atoms with Gasteiger partial charge in [0.2, 0.25) is 0 Å². The molecule has 1 aromatic rings. The lowest BCUT2D eigenvalue weighted by Gasteiger charge is -2.28. The van der Waals surface area contributed by atoms with Gasteiger partial charge in [0.1, 0.15) is 11.7 Å². The Hall–Kier alpha value is -2.64. The minimum Gasteiger partial charge on any atom is -0.459 e. The summed E-state index contributed by atoms with van der Waals surface area (Å²) in [6, 6.07) is 5.37. The molecule has 27 heavy (non-hydrogen) atoms. The summed E-state index contributed by atoms with van der Waals surface area (Å²) in [6.07, 6.45) is 2.53. The summed E-state index contributed by atoms with van der Waals surface area (Å²) in [7, 11) is 0. The zero-order chi connectivity index (χ0) is 20.0. The molecule has 0 aliphatic heterocycles. The minimum absolute atomic E-state index is 0.0652. The van der Waals surface area contributed by atoms with E-state index in [0.717, 1.165) is 25.7 Å². The molecule has 1 saturated carbocycles. The summed E-state index contributed by atoms with van der Waals surface area (Å²) >= 11 is 0.